The van der Waals surface area contributed by atoms with Gasteiger partial charge in [-0.3, -0.25) is 4.98 Å². The van der Waals surface area contributed by atoms with Crippen LogP contribution in [0.4, 0.5) is 0 Å². The molecule has 7 aromatic rings. The van der Waals surface area contributed by atoms with Gasteiger partial charge in [-0.25, -0.2) is 0 Å². The zero-order chi connectivity index (χ0) is 22.3. The Hall–Kier alpha value is -3.91. The zero-order valence-electron chi connectivity index (χ0n) is 19.1. The molecule has 0 radical (unpaired) electrons. The average Bonchev–Trinajstić information content (AvgIpc) is 3.34. The second kappa shape index (κ2) is 6.32. The molecule has 0 bridgehead atoms. The first-order valence-electron chi connectivity index (χ1n) is 11.6. The summed E-state index contributed by atoms with van der Waals surface area (Å²) in [6.07, 6.45) is 2.06. The molecule has 0 aliphatic heterocycles. The molecule has 0 N–H and O–H groups in total. The number of pyridine rings is 1. The fraction of sp³-hybridized carbons (Fsp3) is 0.129. The van der Waals surface area contributed by atoms with E-state index in [2.05, 4.69) is 116 Å². The van der Waals surface area contributed by atoms with Crippen LogP contribution in [-0.2, 0) is 5.41 Å². The molecule has 7 rings (SSSR count). The summed E-state index contributed by atoms with van der Waals surface area (Å²) in [5, 5.41) is 7.67. The number of aromatic nitrogens is 2. The lowest BCUT2D eigenvalue weighted by atomic mass is 9.82. The molecule has 0 saturated heterocycles. The first kappa shape index (κ1) is 18.6. The monoisotopic (exact) mass is 424 g/mol. The van der Waals surface area contributed by atoms with E-state index in [0.717, 1.165) is 5.69 Å². The summed E-state index contributed by atoms with van der Waals surface area (Å²) in [5.41, 5.74) is 7.36. The molecule has 4 aromatic carbocycles. The van der Waals surface area contributed by atoms with Gasteiger partial charge in [-0.15, -0.1) is 0 Å². The van der Waals surface area contributed by atoms with Crippen molar-refractivity contribution in [3.05, 3.63) is 96.7 Å². The van der Waals surface area contributed by atoms with E-state index in [9.17, 15) is 0 Å². The highest BCUT2D eigenvalue weighted by atomic mass is 14.9. The highest BCUT2D eigenvalue weighted by molar-refractivity contribution is 6.23. The maximum Gasteiger partial charge on any atom is 0.0723 e. The number of hydrogen-bond donors (Lipinski definition) is 0. The number of hydrogen-bond acceptors (Lipinski definition) is 1. The predicted molar refractivity (Wildman–Crippen MR) is 141 cm³/mol. The van der Waals surface area contributed by atoms with Crippen molar-refractivity contribution in [2.45, 2.75) is 26.2 Å². The molecular weight excluding hydrogens is 400 g/mol. The summed E-state index contributed by atoms with van der Waals surface area (Å²) in [6.45, 7) is 6.86. The Morgan fingerprint density at radius 1 is 0.636 bits per heavy atom. The Balaban J connectivity index is 1.58. The average molecular weight is 425 g/mol. The van der Waals surface area contributed by atoms with E-state index in [1.54, 1.807) is 0 Å². The van der Waals surface area contributed by atoms with Crippen LogP contribution in [0.25, 0.3) is 60.1 Å². The molecule has 3 aromatic heterocycles. The first-order valence-corrected chi connectivity index (χ1v) is 11.6. The third-order valence-electron chi connectivity index (χ3n) is 7.07. The standard InChI is InChI=1S/C31H24N2/c1-31(2,3)26-16-20(15-19-9-4-5-10-21(19)26)27-17-29-25(18-32-27)24-13-8-12-23-22-11-6-7-14-28(22)33(29)30(23)24/h4-18H,1-3H3. The Bertz CT molecular complexity index is 1850. The van der Waals surface area contributed by atoms with Crippen molar-refractivity contribution in [2.24, 2.45) is 0 Å². The van der Waals surface area contributed by atoms with Crippen LogP contribution in [-0.4, -0.2) is 9.38 Å². The van der Waals surface area contributed by atoms with Gasteiger partial charge in [0.15, 0.2) is 0 Å². The minimum absolute atomic E-state index is 0.0470. The van der Waals surface area contributed by atoms with Crippen molar-refractivity contribution in [2.75, 3.05) is 0 Å². The van der Waals surface area contributed by atoms with E-state index in [1.165, 1.54) is 60.0 Å². The summed E-state index contributed by atoms with van der Waals surface area (Å²) in [4.78, 5) is 4.97. The van der Waals surface area contributed by atoms with Gasteiger partial charge in [-0.1, -0.05) is 81.4 Å². The number of fused-ring (bicyclic) bond motifs is 7. The Morgan fingerprint density at radius 2 is 1.33 bits per heavy atom. The van der Waals surface area contributed by atoms with Gasteiger partial charge in [0.05, 0.1) is 22.2 Å². The van der Waals surface area contributed by atoms with Crippen LogP contribution in [0.5, 0.6) is 0 Å². The summed E-state index contributed by atoms with van der Waals surface area (Å²) in [5.74, 6) is 0. The van der Waals surface area contributed by atoms with Gasteiger partial charge in [-0.05, 0) is 46.0 Å². The van der Waals surface area contributed by atoms with Crippen LogP contribution < -0.4 is 0 Å². The molecule has 0 atom stereocenters. The van der Waals surface area contributed by atoms with Gasteiger partial charge in [0, 0.05) is 33.3 Å². The predicted octanol–water partition coefficient (Wildman–Crippen LogP) is 8.35. The number of rotatable bonds is 1. The van der Waals surface area contributed by atoms with Crippen LogP contribution in [0.15, 0.2) is 91.1 Å². The molecule has 33 heavy (non-hydrogen) atoms. The smallest absolute Gasteiger partial charge is 0.0723 e. The van der Waals surface area contributed by atoms with Gasteiger partial charge >= 0.3 is 0 Å². The number of para-hydroxylation sites is 2. The fourth-order valence-corrected chi connectivity index (χ4v) is 5.56. The van der Waals surface area contributed by atoms with Gasteiger partial charge < -0.3 is 4.40 Å². The van der Waals surface area contributed by atoms with Crippen molar-refractivity contribution >= 4 is 48.9 Å². The summed E-state index contributed by atoms with van der Waals surface area (Å²) >= 11 is 0. The topological polar surface area (TPSA) is 17.3 Å². The maximum absolute atomic E-state index is 4.97. The molecule has 3 heterocycles. The maximum atomic E-state index is 4.97. The van der Waals surface area contributed by atoms with Crippen LogP contribution in [0.2, 0.25) is 0 Å². The highest BCUT2D eigenvalue weighted by Crippen LogP contribution is 2.40. The van der Waals surface area contributed by atoms with Crippen molar-refractivity contribution < 1.29 is 0 Å². The van der Waals surface area contributed by atoms with Crippen molar-refractivity contribution in [1.82, 2.24) is 9.38 Å². The van der Waals surface area contributed by atoms with Crippen LogP contribution >= 0.6 is 0 Å². The Labute approximate surface area is 192 Å². The van der Waals surface area contributed by atoms with E-state index in [4.69, 9.17) is 4.98 Å². The van der Waals surface area contributed by atoms with Gasteiger partial charge in [0.2, 0.25) is 0 Å². The number of benzene rings is 4. The van der Waals surface area contributed by atoms with E-state index in [-0.39, 0.29) is 5.41 Å². The lowest BCUT2D eigenvalue weighted by molar-refractivity contribution is 0.596. The quantitative estimate of drug-likeness (QED) is 0.259. The third-order valence-corrected chi connectivity index (χ3v) is 7.07. The molecule has 0 fully saturated rings. The van der Waals surface area contributed by atoms with E-state index < -0.39 is 0 Å². The molecular formula is C31H24N2. The number of nitrogens with zero attached hydrogens (tertiary/aromatic N) is 2. The molecule has 0 amide bonds. The molecule has 2 nitrogen and oxygen atoms in total. The van der Waals surface area contributed by atoms with E-state index in [0.29, 0.717) is 0 Å². The molecule has 0 saturated carbocycles. The highest BCUT2D eigenvalue weighted by Gasteiger charge is 2.20. The minimum atomic E-state index is 0.0470. The van der Waals surface area contributed by atoms with Crippen molar-refractivity contribution in [3.63, 3.8) is 0 Å². The van der Waals surface area contributed by atoms with Gasteiger partial charge in [0.1, 0.15) is 0 Å². The van der Waals surface area contributed by atoms with E-state index in [1.807, 2.05) is 0 Å². The lowest BCUT2D eigenvalue weighted by Gasteiger charge is -2.22. The van der Waals surface area contributed by atoms with Gasteiger partial charge in [-0.2, -0.15) is 0 Å². The van der Waals surface area contributed by atoms with Crippen LogP contribution in [0, 0.1) is 0 Å². The molecule has 158 valence electrons. The second-order valence-electron chi connectivity index (χ2n) is 10.1. The SMILES string of the molecule is CC(C)(C)c1cc(-c2cc3c(cn2)c2cccc4c5ccccc5n3c42)cc2ccccc12. The molecule has 2 heteroatoms. The van der Waals surface area contributed by atoms with Gasteiger partial charge in [0.25, 0.3) is 0 Å². The summed E-state index contributed by atoms with van der Waals surface area (Å²) in [6, 6.07) is 30.9. The van der Waals surface area contributed by atoms with Crippen LogP contribution in [0.3, 0.4) is 0 Å². The van der Waals surface area contributed by atoms with E-state index >= 15 is 0 Å². The third kappa shape index (κ3) is 2.52. The largest absolute Gasteiger partial charge is 0.308 e. The second-order valence-corrected chi connectivity index (χ2v) is 10.1. The summed E-state index contributed by atoms with van der Waals surface area (Å²) < 4.78 is 2.42. The molecule has 0 spiro atoms. The Kier molecular flexibility index (Phi) is 3.57. The minimum Gasteiger partial charge on any atom is -0.308 e. The Morgan fingerprint density at radius 3 is 2.15 bits per heavy atom. The normalized spacial score (nSPS) is 12.7. The molecule has 0 aliphatic carbocycles. The fourth-order valence-electron chi connectivity index (χ4n) is 5.56. The zero-order valence-corrected chi connectivity index (χ0v) is 19.1. The molecule has 0 aliphatic rings. The lowest BCUT2D eigenvalue weighted by Crippen LogP contribution is -2.12. The van der Waals surface area contributed by atoms with Crippen molar-refractivity contribution in [1.29, 1.82) is 0 Å². The first-order chi connectivity index (χ1) is 16.0. The van der Waals surface area contributed by atoms with Crippen LogP contribution in [0.1, 0.15) is 26.3 Å². The molecule has 0 unspecified atom stereocenters. The van der Waals surface area contributed by atoms with Crippen molar-refractivity contribution in [3.8, 4) is 11.3 Å². The summed E-state index contributed by atoms with van der Waals surface area (Å²) in [7, 11) is 0.